The van der Waals surface area contributed by atoms with E-state index in [9.17, 15) is 14.4 Å². The molecule has 2 heterocycles. The second-order valence-corrected chi connectivity index (χ2v) is 6.99. The monoisotopic (exact) mass is 399 g/mol. The molecule has 2 amide bonds. The van der Waals surface area contributed by atoms with Crippen LogP contribution < -0.4 is 11.0 Å². The third kappa shape index (κ3) is 4.58. The topological polar surface area (TPSA) is 103 Å². The fourth-order valence-electron chi connectivity index (χ4n) is 3.52. The molecule has 2 N–H and O–H groups in total. The minimum atomic E-state index is -0.714. The summed E-state index contributed by atoms with van der Waals surface area (Å²) in [5.74, 6) is 5.24. The molecule has 3 rings (SSSR count). The van der Waals surface area contributed by atoms with E-state index in [1.54, 1.807) is 19.2 Å². The zero-order valence-electron chi connectivity index (χ0n) is 16.4. The number of imidazole rings is 1. The number of hydrogen-bond donors (Lipinski definition) is 2. The standard InChI is InChI=1S/C21H25N3O5/c1-23-19-15(8-6-14-29-13-4-2-3-12-25)7-5-9-16(19)24(21(23)28)17-10-11-18(26)22-20(17)27/h5,7,9,17,25H,2-4,10-14H2,1H3,(H,22,26,27). The third-order valence-corrected chi connectivity index (χ3v) is 4.97. The van der Waals surface area contributed by atoms with Crippen molar-refractivity contribution in [2.75, 3.05) is 19.8 Å². The number of benzene rings is 1. The number of para-hydroxylation sites is 1. The Morgan fingerprint density at radius 2 is 2.07 bits per heavy atom. The number of fused-ring (bicyclic) bond motifs is 1. The number of hydrogen-bond acceptors (Lipinski definition) is 5. The maximum atomic E-state index is 12.8. The third-order valence-electron chi connectivity index (χ3n) is 4.97. The van der Waals surface area contributed by atoms with E-state index in [0.717, 1.165) is 19.3 Å². The van der Waals surface area contributed by atoms with E-state index in [2.05, 4.69) is 17.2 Å². The Balaban J connectivity index is 1.81. The van der Waals surface area contributed by atoms with Crippen LogP contribution in [0.1, 0.15) is 43.7 Å². The SMILES string of the molecule is Cn1c(=O)n(C2CCC(=O)NC2=O)c2cccc(C#CCOCCCCCO)c21. The Morgan fingerprint density at radius 1 is 1.24 bits per heavy atom. The summed E-state index contributed by atoms with van der Waals surface area (Å²) in [5.41, 5.74) is 1.63. The predicted octanol–water partition coefficient (Wildman–Crippen LogP) is 0.848. The molecule has 154 valence electrons. The van der Waals surface area contributed by atoms with Crippen LogP contribution in [-0.2, 0) is 21.4 Å². The van der Waals surface area contributed by atoms with Gasteiger partial charge in [-0.1, -0.05) is 17.9 Å². The first-order chi connectivity index (χ1) is 14.0. The zero-order chi connectivity index (χ0) is 20.8. The van der Waals surface area contributed by atoms with Crippen molar-refractivity contribution in [3.8, 4) is 11.8 Å². The van der Waals surface area contributed by atoms with E-state index < -0.39 is 11.9 Å². The summed E-state index contributed by atoms with van der Waals surface area (Å²) in [6.07, 6.45) is 3.06. The second kappa shape index (κ2) is 9.54. The molecule has 0 spiro atoms. The first-order valence-corrected chi connectivity index (χ1v) is 9.75. The van der Waals surface area contributed by atoms with Gasteiger partial charge in [-0.25, -0.2) is 4.79 Å². The first kappa shape index (κ1) is 20.8. The molecule has 1 unspecified atom stereocenters. The minimum absolute atomic E-state index is 0.195. The minimum Gasteiger partial charge on any atom is -0.396 e. The van der Waals surface area contributed by atoms with Crippen molar-refractivity contribution >= 4 is 22.8 Å². The number of aliphatic hydroxyl groups is 1. The number of aryl methyl sites for hydroxylation is 1. The van der Waals surface area contributed by atoms with E-state index in [-0.39, 0.29) is 31.2 Å². The van der Waals surface area contributed by atoms with Crippen LogP contribution in [0.3, 0.4) is 0 Å². The average molecular weight is 399 g/mol. The van der Waals surface area contributed by atoms with Crippen LogP contribution in [0.25, 0.3) is 11.0 Å². The van der Waals surface area contributed by atoms with Gasteiger partial charge in [0, 0.05) is 26.7 Å². The first-order valence-electron chi connectivity index (χ1n) is 9.75. The Labute approximate surface area is 168 Å². The second-order valence-electron chi connectivity index (χ2n) is 6.99. The van der Waals surface area contributed by atoms with Gasteiger partial charge in [0.1, 0.15) is 12.6 Å². The van der Waals surface area contributed by atoms with Crippen molar-refractivity contribution in [3.63, 3.8) is 0 Å². The maximum Gasteiger partial charge on any atom is 0.329 e. The molecule has 0 saturated carbocycles. The number of ether oxygens (including phenoxy) is 1. The molecule has 0 bridgehead atoms. The number of aromatic nitrogens is 2. The Hall–Kier alpha value is -2.89. The molecule has 8 nitrogen and oxygen atoms in total. The van der Waals surface area contributed by atoms with Gasteiger partial charge in [0.2, 0.25) is 11.8 Å². The van der Waals surface area contributed by atoms with Crippen molar-refractivity contribution in [2.45, 2.75) is 38.1 Å². The summed E-state index contributed by atoms with van der Waals surface area (Å²) in [4.78, 5) is 36.6. The highest BCUT2D eigenvalue weighted by Crippen LogP contribution is 2.24. The maximum absolute atomic E-state index is 12.8. The molecule has 1 aromatic heterocycles. The number of nitrogens with one attached hydrogen (secondary N) is 1. The van der Waals surface area contributed by atoms with Gasteiger partial charge in [-0.2, -0.15) is 0 Å². The number of carbonyl (C=O) groups excluding carboxylic acids is 2. The van der Waals surface area contributed by atoms with Gasteiger partial charge in [0.15, 0.2) is 0 Å². The Morgan fingerprint density at radius 3 is 2.83 bits per heavy atom. The van der Waals surface area contributed by atoms with E-state index in [0.29, 0.717) is 29.6 Å². The van der Waals surface area contributed by atoms with Crippen LogP contribution >= 0.6 is 0 Å². The fourth-order valence-corrected chi connectivity index (χ4v) is 3.52. The van der Waals surface area contributed by atoms with Crippen LogP contribution in [0.15, 0.2) is 23.0 Å². The van der Waals surface area contributed by atoms with Gasteiger partial charge in [-0.15, -0.1) is 0 Å². The van der Waals surface area contributed by atoms with Crippen LogP contribution in [0.2, 0.25) is 0 Å². The molecule has 1 aliphatic heterocycles. The van der Waals surface area contributed by atoms with Crippen molar-refractivity contribution in [1.82, 2.24) is 14.5 Å². The Kier molecular flexibility index (Phi) is 6.86. The van der Waals surface area contributed by atoms with E-state index >= 15 is 0 Å². The highest BCUT2D eigenvalue weighted by atomic mass is 16.5. The molecule has 1 aliphatic rings. The number of carbonyl (C=O) groups is 2. The van der Waals surface area contributed by atoms with E-state index in [1.807, 2.05) is 6.07 Å². The van der Waals surface area contributed by atoms with Gasteiger partial charge in [-0.3, -0.25) is 24.0 Å². The number of nitrogens with zero attached hydrogens (tertiary/aromatic N) is 2. The van der Waals surface area contributed by atoms with Crippen molar-refractivity contribution in [2.24, 2.45) is 7.05 Å². The van der Waals surface area contributed by atoms with Gasteiger partial charge >= 0.3 is 5.69 Å². The molecule has 8 heteroatoms. The summed E-state index contributed by atoms with van der Waals surface area (Å²) in [5, 5.41) is 11.1. The number of amides is 2. The summed E-state index contributed by atoms with van der Waals surface area (Å²) in [6.45, 7) is 1.06. The largest absolute Gasteiger partial charge is 0.396 e. The molecule has 1 aromatic carbocycles. The number of unbranched alkanes of at least 4 members (excludes halogenated alkanes) is 2. The number of aliphatic hydroxyl groups excluding tert-OH is 1. The van der Waals surface area contributed by atoms with Crippen LogP contribution in [0.5, 0.6) is 0 Å². The number of imide groups is 1. The molecule has 1 saturated heterocycles. The average Bonchev–Trinajstić information content (AvgIpc) is 2.95. The lowest BCUT2D eigenvalue weighted by atomic mass is 10.1. The number of rotatable bonds is 7. The lowest BCUT2D eigenvalue weighted by Crippen LogP contribution is -2.44. The van der Waals surface area contributed by atoms with Crippen LogP contribution in [-0.4, -0.2) is 45.9 Å². The lowest BCUT2D eigenvalue weighted by molar-refractivity contribution is -0.135. The van der Waals surface area contributed by atoms with Crippen LogP contribution in [0.4, 0.5) is 0 Å². The van der Waals surface area contributed by atoms with Crippen molar-refractivity contribution < 1.29 is 19.4 Å². The quantitative estimate of drug-likeness (QED) is 0.408. The van der Waals surface area contributed by atoms with Gasteiger partial charge in [-0.05, 0) is 37.8 Å². The molecular formula is C21H25N3O5. The normalized spacial score (nSPS) is 16.6. The number of piperidine rings is 1. The molecular weight excluding hydrogens is 374 g/mol. The van der Waals surface area contributed by atoms with Crippen molar-refractivity contribution in [1.29, 1.82) is 0 Å². The zero-order valence-corrected chi connectivity index (χ0v) is 16.4. The smallest absolute Gasteiger partial charge is 0.329 e. The molecule has 0 aliphatic carbocycles. The molecule has 1 fully saturated rings. The van der Waals surface area contributed by atoms with Crippen molar-refractivity contribution in [3.05, 3.63) is 34.2 Å². The predicted molar refractivity (Wildman–Crippen MR) is 107 cm³/mol. The van der Waals surface area contributed by atoms with E-state index in [1.165, 1.54) is 9.13 Å². The van der Waals surface area contributed by atoms with Gasteiger partial charge < -0.3 is 9.84 Å². The fraction of sp³-hybridized carbons (Fsp3) is 0.476. The molecule has 1 atom stereocenters. The molecule has 2 aromatic rings. The summed E-state index contributed by atoms with van der Waals surface area (Å²) in [6, 6.07) is 4.69. The summed E-state index contributed by atoms with van der Waals surface area (Å²) < 4.78 is 8.41. The van der Waals surface area contributed by atoms with Gasteiger partial charge in [0.05, 0.1) is 16.6 Å². The van der Waals surface area contributed by atoms with E-state index in [4.69, 9.17) is 9.84 Å². The highest BCUT2D eigenvalue weighted by Gasteiger charge is 2.31. The van der Waals surface area contributed by atoms with Crippen LogP contribution in [0, 0.1) is 11.8 Å². The Bertz CT molecular complexity index is 1020. The molecule has 0 radical (unpaired) electrons. The lowest BCUT2D eigenvalue weighted by Gasteiger charge is -2.21. The summed E-state index contributed by atoms with van der Waals surface area (Å²) >= 11 is 0. The molecule has 29 heavy (non-hydrogen) atoms. The van der Waals surface area contributed by atoms with Gasteiger partial charge in [0.25, 0.3) is 0 Å². The summed E-state index contributed by atoms with van der Waals surface area (Å²) in [7, 11) is 1.65. The highest BCUT2D eigenvalue weighted by molar-refractivity contribution is 6.00.